The van der Waals surface area contributed by atoms with Crippen molar-refractivity contribution in [1.82, 2.24) is 0 Å². The van der Waals surface area contributed by atoms with Crippen LogP contribution in [-0.2, 0) is 6.54 Å². The lowest BCUT2D eigenvalue weighted by Crippen LogP contribution is -2.22. The van der Waals surface area contributed by atoms with Crippen molar-refractivity contribution in [3.05, 3.63) is 89.5 Å². The van der Waals surface area contributed by atoms with Gasteiger partial charge in [0.05, 0.1) is 12.2 Å². The van der Waals surface area contributed by atoms with Crippen molar-refractivity contribution in [2.75, 3.05) is 10.2 Å². The van der Waals surface area contributed by atoms with Crippen LogP contribution in [0.3, 0.4) is 0 Å². The van der Waals surface area contributed by atoms with Crippen LogP contribution in [0.2, 0.25) is 0 Å². The molecule has 0 spiro atoms. The zero-order valence-corrected chi connectivity index (χ0v) is 13.2. The van der Waals surface area contributed by atoms with Gasteiger partial charge >= 0.3 is 0 Å². The van der Waals surface area contributed by atoms with E-state index in [1.807, 2.05) is 36.4 Å². The van der Waals surface area contributed by atoms with Crippen molar-refractivity contribution in [2.24, 2.45) is 0 Å². The number of carbonyl (C=O) groups excluding carboxylic acids is 1. The van der Waals surface area contributed by atoms with Gasteiger partial charge in [-0.25, -0.2) is 8.78 Å². The standard InChI is InChI=1S/C20H14F2N2O/c21-14-6-9-19(18(22)11-14)23-15-7-8-17-13(10-15)12-24(20(17)25)16-4-2-1-3-5-16/h1-11,23H,12H2. The van der Waals surface area contributed by atoms with Crippen LogP contribution < -0.4 is 10.2 Å². The molecule has 0 radical (unpaired) electrons. The van der Waals surface area contributed by atoms with E-state index in [1.165, 1.54) is 12.1 Å². The van der Waals surface area contributed by atoms with Crippen molar-refractivity contribution in [3.8, 4) is 0 Å². The average Bonchev–Trinajstić information content (AvgIpc) is 2.94. The van der Waals surface area contributed by atoms with E-state index < -0.39 is 11.6 Å². The Morgan fingerprint density at radius 2 is 1.72 bits per heavy atom. The number of para-hydroxylation sites is 1. The van der Waals surface area contributed by atoms with Gasteiger partial charge in [0.1, 0.15) is 11.6 Å². The van der Waals surface area contributed by atoms with Crippen LogP contribution in [0.15, 0.2) is 66.7 Å². The summed E-state index contributed by atoms with van der Waals surface area (Å²) in [5.41, 5.74) is 3.16. The van der Waals surface area contributed by atoms with Crippen LogP contribution in [-0.4, -0.2) is 5.91 Å². The lowest BCUT2D eigenvalue weighted by molar-refractivity contribution is 0.0996. The Morgan fingerprint density at radius 3 is 2.48 bits per heavy atom. The van der Waals surface area contributed by atoms with E-state index in [0.29, 0.717) is 17.8 Å². The molecule has 0 saturated carbocycles. The van der Waals surface area contributed by atoms with Crippen molar-refractivity contribution in [2.45, 2.75) is 6.54 Å². The zero-order chi connectivity index (χ0) is 17.4. The molecule has 3 aromatic carbocycles. The second-order valence-electron chi connectivity index (χ2n) is 5.85. The molecular weight excluding hydrogens is 322 g/mol. The number of anilines is 3. The maximum Gasteiger partial charge on any atom is 0.258 e. The number of hydrogen-bond acceptors (Lipinski definition) is 2. The molecule has 1 amide bonds. The maximum atomic E-state index is 13.8. The first-order valence-corrected chi connectivity index (χ1v) is 7.84. The molecule has 0 aliphatic carbocycles. The van der Waals surface area contributed by atoms with Gasteiger partial charge in [0.2, 0.25) is 0 Å². The minimum absolute atomic E-state index is 0.0549. The molecule has 0 fully saturated rings. The summed E-state index contributed by atoms with van der Waals surface area (Å²) in [5.74, 6) is -1.34. The number of nitrogens with one attached hydrogen (secondary N) is 1. The zero-order valence-electron chi connectivity index (χ0n) is 13.2. The van der Waals surface area contributed by atoms with Crippen molar-refractivity contribution in [1.29, 1.82) is 0 Å². The van der Waals surface area contributed by atoms with Gasteiger partial charge in [-0.15, -0.1) is 0 Å². The van der Waals surface area contributed by atoms with Gasteiger partial charge in [-0.2, -0.15) is 0 Å². The van der Waals surface area contributed by atoms with E-state index >= 15 is 0 Å². The van der Waals surface area contributed by atoms with E-state index in [1.54, 1.807) is 17.0 Å². The van der Waals surface area contributed by atoms with Crippen LogP contribution >= 0.6 is 0 Å². The number of halogens is 2. The lowest BCUT2D eigenvalue weighted by atomic mass is 10.1. The molecular formula is C20H14F2N2O. The molecule has 25 heavy (non-hydrogen) atoms. The van der Waals surface area contributed by atoms with E-state index in [2.05, 4.69) is 5.32 Å². The Hall–Kier alpha value is -3.21. The molecule has 1 aliphatic heterocycles. The Kier molecular flexibility index (Phi) is 3.69. The fourth-order valence-electron chi connectivity index (χ4n) is 2.96. The molecule has 0 aromatic heterocycles. The van der Waals surface area contributed by atoms with Crippen LogP contribution in [0.1, 0.15) is 15.9 Å². The van der Waals surface area contributed by atoms with Gasteiger partial charge < -0.3 is 10.2 Å². The third kappa shape index (κ3) is 2.85. The summed E-state index contributed by atoms with van der Waals surface area (Å²) in [5, 5.41) is 2.93. The fourth-order valence-corrected chi connectivity index (χ4v) is 2.96. The van der Waals surface area contributed by atoms with Crippen LogP contribution in [0, 0.1) is 11.6 Å². The second kappa shape index (κ2) is 6.02. The minimum Gasteiger partial charge on any atom is -0.353 e. The number of nitrogens with zero attached hydrogens (tertiary/aromatic N) is 1. The summed E-state index contributed by atoms with van der Waals surface area (Å²) in [7, 11) is 0. The van der Waals surface area contributed by atoms with Gasteiger partial charge in [-0.05, 0) is 48.0 Å². The van der Waals surface area contributed by atoms with Crippen LogP contribution in [0.25, 0.3) is 0 Å². The third-order valence-corrected chi connectivity index (χ3v) is 4.19. The third-order valence-electron chi connectivity index (χ3n) is 4.19. The van der Waals surface area contributed by atoms with E-state index in [9.17, 15) is 13.6 Å². The maximum absolute atomic E-state index is 13.8. The molecule has 3 nitrogen and oxygen atoms in total. The minimum atomic E-state index is -0.664. The number of fused-ring (bicyclic) bond motifs is 1. The molecule has 5 heteroatoms. The lowest BCUT2D eigenvalue weighted by Gasteiger charge is -2.15. The summed E-state index contributed by atoms with van der Waals surface area (Å²) in [4.78, 5) is 14.3. The Balaban J connectivity index is 1.61. The Bertz CT molecular complexity index is 957. The predicted octanol–water partition coefficient (Wildman–Crippen LogP) is 4.87. The number of benzene rings is 3. The smallest absolute Gasteiger partial charge is 0.258 e. The van der Waals surface area contributed by atoms with E-state index in [4.69, 9.17) is 0 Å². The summed E-state index contributed by atoms with van der Waals surface area (Å²) in [6.45, 7) is 0.458. The number of hydrogen-bond donors (Lipinski definition) is 1. The highest BCUT2D eigenvalue weighted by Gasteiger charge is 2.28. The molecule has 1 aliphatic rings. The normalized spacial score (nSPS) is 13.0. The summed E-state index contributed by atoms with van der Waals surface area (Å²) in [6, 6.07) is 18.1. The van der Waals surface area contributed by atoms with Crippen LogP contribution in [0.5, 0.6) is 0 Å². The summed E-state index contributed by atoms with van der Waals surface area (Å²) in [6.07, 6.45) is 0. The number of rotatable bonds is 3. The molecule has 1 N–H and O–H groups in total. The highest BCUT2D eigenvalue weighted by Crippen LogP contribution is 2.31. The van der Waals surface area contributed by atoms with Gasteiger partial charge in [0, 0.05) is 23.0 Å². The monoisotopic (exact) mass is 336 g/mol. The van der Waals surface area contributed by atoms with Gasteiger partial charge in [-0.1, -0.05) is 18.2 Å². The van der Waals surface area contributed by atoms with E-state index in [-0.39, 0.29) is 11.6 Å². The first kappa shape index (κ1) is 15.3. The fraction of sp³-hybridized carbons (Fsp3) is 0.0500. The first-order valence-electron chi connectivity index (χ1n) is 7.84. The quantitative estimate of drug-likeness (QED) is 0.740. The molecule has 4 rings (SSSR count). The first-order chi connectivity index (χ1) is 12.1. The Morgan fingerprint density at radius 1 is 0.920 bits per heavy atom. The summed E-state index contributed by atoms with van der Waals surface area (Å²) >= 11 is 0. The Labute approximate surface area is 143 Å². The number of carbonyl (C=O) groups is 1. The molecule has 124 valence electrons. The number of amides is 1. The highest BCUT2D eigenvalue weighted by molar-refractivity contribution is 6.10. The highest BCUT2D eigenvalue weighted by atomic mass is 19.1. The van der Waals surface area contributed by atoms with Gasteiger partial charge in [-0.3, -0.25) is 4.79 Å². The van der Waals surface area contributed by atoms with E-state index in [0.717, 1.165) is 17.3 Å². The second-order valence-corrected chi connectivity index (χ2v) is 5.85. The van der Waals surface area contributed by atoms with Crippen LogP contribution in [0.4, 0.5) is 25.8 Å². The molecule has 3 aromatic rings. The molecule has 0 unspecified atom stereocenters. The van der Waals surface area contributed by atoms with Gasteiger partial charge in [0.25, 0.3) is 5.91 Å². The predicted molar refractivity (Wildman–Crippen MR) is 93.0 cm³/mol. The molecule has 0 saturated heterocycles. The summed E-state index contributed by atoms with van der Waals surface area (Å²) < 4.78 is 26.8. The van der Waals surface area contributed by atoms with Crippen molar-refractivity contribution < 1.29 is 13.6 Å². The SMILES string of the molecule is O=C1c2ccc(Nc3ccc(F)cc3F)cc2CN1c1ccccc1. The topological polar surface area (TPSA) is 32.3 Å². The largest absolute Gasteiger partial charge is 0.353 e. The molecule has 1 heterocycles. The average molecular weight is 336 g/mol. The molecule has 0 bridgehead atoms. The van der Waals surface area contributed by atoms with Gasteiger partial charge in [0.15, 0.2) is 0 Å². The van der Waals surface area contributed by atoms with Crippen molar-refractivity contribution >= 4 is 23.0 Å². The molecule has 0 atom stereocenters. The van der Waals surface area contributed by atoms with Crippen molar-refractivity contribution in [3.63, 3.8) is 0 Å².